The lowest BCUT2D eigenvalue weighted by atomic mass is 9.89. The van der Waals surface area contributed by atoms with E-state index in [1.54, 1.807) is 20.8 Å². The molecule has 0 aromatic rings. The second kappa shape index (κ2) is 4.84. The molecule has 0 saturated carbocycles. The third-order valence-corrected chi connectivity index (χ3v) is 1.84. The summed E-state index contributed by atoms with van der Waals surface area (Å²) >= 11 is 0. The van der Waals surface area contributed by atoms with Gasteiger partial charge < -0.3 is 15.2 Å². The van der Waals surface area contributed by atoms with Crippen molar-refractivity contribution in [3.63, 3.8) is 0 Å². The van der Waals surface area contributed by atoms with E-state index in [2.05, 4.69) is 5.32 Å². The number of hydrogen-bond donors (Lipinski definition) is 2. The minimum atomic E-state index is -0.579. The summed E-state index contributed by atoms with van der Waals surface area (Å²) in [6.07, 6.45) is -1.07. The molecular formula is C11H23NO3. The number of ether oxygens (including phenoxy) is 1. The van der Waals surface area contributed by atoms with Crippen LogP contribution >= 0.6 is 0 Å². The van der Waals surface area contributed by atoms with Gasteiger partial charge in [0.25, 0.3) is 0 Å². The second-order valence-corrected chi connectivity index (χ2v) is 5.76. The minimum Gasteiger partial charge on any atom is -0.444 e. The monoisotopic (exact) mass is 217 g/mol. The molecule has 4 nitrogen and oxygen atoms in total. The van der Waals surface area contributed by atoms with E-state index < -0.39 is 17.8 Å². The van der Waals surface area contributed by atoms with Crippen LogP contribution in [0.2, 0.25) is 0 Å². The summed E-state index contributed by atoms with van der Waals surface area (Å²) in [5.41, 5.74) is -0.744. The van der Waals surface area contributed by atoms with E-state index in [4.69, 9.17) is 4.74 Å². The lowest BCUT2D eigenvalue weighted by molar-refractivity contribution is 0.0367. The lowest BCUT2D eigenvalue weighted by Crippen LogP contribution is -2.41. The Morgan fingerprint density at radius 3 is 2.07 bits per heavy atom. The maximum Gasteiger partial charge on any atom is 0.407 e. The molecular weight excluding hydrogens is 194 g/mol. The van der Waals surface area contributed by atoms with E-state index >= 15 is 0 Å². The summed E-state index contributed by atoms with van der Waals surface area (Å²) in [4.78, 5) is 11.2. The van der Waals surface area contributed by atoms with Crippen LogP contribution in [0.15, 0.2) is 0 Å². The van der Waals surface area contributed by atoms with Crippen LogP contribution in [0.25, 0.3) is 0 Å². The highest BCUT2D eigenvalue weighted by atomic mass is 16.6. The highest BCUT2D eigenvalue weighted by molar-refractivity contribution is 5.67. The van der Waals surface area contributed by atoms with E-state index in [0.717, 1.165) is 0 Å². The Balaban J connectivity index is 3.92. The largest absolute Gasteiger partial charge is 0.444 e. The molecule has 0 saturated heterocycles. The van der Waals surface area contributed by atoms with Gasteiger partial charge >= 0.3 is 6.09 Å². The number of hydrogen-bond acceptors (Lipinski definition) is 3. The average molecular weight is 217 g/mol. The van der Waals surface area contributed by atoms with Gasteiger partial charge in [0.15, 0.2) is 0 Å². The summed E-state index contributed by atoms with van der Waals surface area (Å²) < 4.78 is 5.04. The highest BCUT2D eigenvalue weighted by Crippen LogP contribution is 2.18. The van der Waals surface area contributed by atoms with Gasteiger partial charge in [-0.25, -0.2) is 4.79 Å². The van der Waals surface area contributed by atoms with Crippen LogP contribution in [0.4, 0.5) is 4.79 Å². The molecule has 1 atom stereocenters. The number of alkyl carbamates (subject to hydrolysis) is 1. The molecule has 4 heteroatoms. The quantitative estimate of drug-likeness (QED) is 0.743. The van der Waals surface area contributed by atoms with Gasteiger partial charge in [0.05, 0.1) is 6.10 Å². The number of carbonyl (C=O) groups excluding carboxylic acids is 1. The van der Waals surface area contributed by atoms with Crippen molar-refractivity contribution in [3.8, 4) is 0 Å². The lowest BCUT2D eigenvalue weighted by Gasteiger charge is -2.26. The number of carbonyl (C=O) groups is 1. The molecule has 0 unspecified atom stereocenters. The normalized spacial score (nSPS) is 14.6. The highest BCUT2D eigenvalue weighted by Gasteiger charge is 2.23. The number of rotatable bonds is 2. The first-order valence-electron chi connectivity index (χ1n) is 5.17. The average Bonchev–Trinajstić information content (AvgIpc) is 1.94. The van der Waals surface area contributed by atoms with E-state index in [9.17, 15) is 9.90 Å². The minimum absolute atomic E-state index is 0.207. The van der Waals surface area contributed by atoms with Crippen LogP contribution in [-0.4, -0.2) is 29.4 Å². The second-order valence-electron chi connectivity index (χ2n) is 5.76. The zero-order valence-corrected chi connectivity index (χ0v) is 10.5. The van der Waals surface area contributed by atoms with Crippen LogP contribution < -0.4 is 5.32 Å². The maximum absolute atomic E-state index is 11.2. The Morgan fingerprint density at radius 2 is 1.73 bits per heavy atom. The third-order valence-electron chi connectivity index (χ3n) is 1.84. The molecule has 0 aromatic heterocycles. The predicted molar refractivity (Wildman–Crippen MR) is 59.7 cm³/mol. The summed E-state index contributed by atoms with van der Waals surface area (Å²) in [7, 11) is 0. The van der Waals surface area contributed by atoms with Crippen LogP contribution in [0, 0.1) is 5.41 Å². The summed E-state index contributed by atoms with van der Waals surface area (Å²) in [6, 6.07) is 0. The Hall–Kier alpha value is -0.770. The van der Waals surface area contributed by atoms with Gasteiger partial charge in [-0.2, -0.15) is 0 Å². The van der Waals surface area contributed by atoms with Crippen LogP contribution in [0.3, 0.4) is 0 Å². The number of aliphatic hydroxyl groups excluding tert-OH is 1. The third kappa shape index (κ3) is 7.19. The van der Waals surface area contributed by atoms with Crippen molar-refractivity contribution in [1.82, 2.24) is 5.32 Å². The molecule has 1 amide bonds. The predicted octanol–water partition coefficient (Wildman–Crippen LogP) is 1.92. The molecule has 0 rings (SSSR count). The van der Waals surface area contributed by atoms with E-state index in [-0.39, 0.29) is 12.0 Å². The fourth-order valence-corrected chi connectivity index (χ4v) is 0.800. The van der Waals surface area contributed by atoms with Gasteiger partial charge in [0.1, 0.15) is 5.60 Å². The van der Waals surface area contributed by atoms with Gasteiger partial charge in [0.2, 0.25) is 0 Å². The standard InChI is InChI=1S/C11H23NO3/c1-10(2,3)8(13)7-12-9(14)15-11(4,5)6/h8,13H,7H2,1-6H3,(H,12,14)/t8-/m0/s1. The number of nitrogens with one attached hydrogen (secondary N) is 1. The van der Waals surface area contributed by atoms with Crippen molar-refractivity contribution in [2.45, 2.75) is 53.2 Å². The molecule has 15 heavy (non-hydrogen) atoms. The van der Waals surface area contributed by atoms with Gasteiger partial charge in [-0.05, 0) is 26.2 Å². The first kappa shape index (κ1) is 14.2. The molecule has 0 radical (unpaired) electrons. The van der Waals surface area contributed by atoms with Gasteiger partial charge in [-0.3, -0.25) is 0 Å². The Bertz CT molecular complexity index is 213. The Labute approximate surface area is 92.0 Å². The topological polar surface area (TPSA) is 58.6 Å². The summed E-state index contributed by atoms with van der Waals surface area (Å²) in [5, 5.41) is 12.2. The van der Waals surface area contributed by atoms with E-state index in [0.29, 0.717) is 0 Å². The van der Waals surface area contributed by atoms with Crippen molar-refractivity contribution in [3.05, 3.63) is 0 Å². The van der Waals surface area contributed by atoms with Crippen molar-refractivity contribution in [2.75, 3.05) is 6.54 Å². The molecule has 90 valence electrons. The van der Waals surface area contributed by atoms with Crippen LogP contribution in [0.5, 0.6) is 0 Å². The summed E-state index contributed by atoms with van der Waals surface area (Å²) in [6.45, 7) is 11.3. The molecule has 0 heterocycles. The van der Waals surface area contributed by atoms with Gasteiger partial charge in [-0.1, -0.05) is 20.8 Å². The molecule has 0 fully saturated rings. The van der Waals surface area contributed by atoms with Crippen molar-refractivity contribution in [1.29, 1.82) is 0 Å². The number of amides is 1. The zero-order valence-electron chi connectivity index (χ0n) is 10.5. The SMILES string of the molecule is CC(C)(C)OC(=O)NC[C@H](O)C(C)(C)C. The number of aliphatic hydroxyl groups is 1. The fraction of sp³-hybridized carbons (Fsp3) is 0.909. The first-order valence-corrected chi connectivity index (χ1v) is 5.17. The molecule has 0 aliphatic rings. The van der Waals surface area contributed by atoms with E-state index in [1.165, 1.54) is 0 Å². The van der Waals surface area contributed by atoms with E-state index in [1.807, 2.05) is 20.8 Å². The molecule has 0 spiro atoms. The molecule has 0 aliphatic carbocycles. The zero-order chi connectivity index (χ0) is 12.3. The summed E-state index contributed by atoms with van der Waals surface area (Å²) in [5.74, 6) is 0. The van der Waals surface area contributed by atoms with Crippen molar-refractivity contribution >= 4 is 6.09 Å². The maximum atomic E-state index is 11.2. The van der Waals surface area contributed by atoms with Crippen LogP contribution in [0.1, 0.15) is 41.5 Å². The van der Waals surface area contributed by atoms with Gasteiger partial charge in [0, 0.05) is 6.54 Å². The molecule has 2 N–H and O–H groups in total. The van der Waals surface area contributed by atoms with Crippen molar-refractivity contribution in [2.24, 2.45) is 5.41 Å². The Kier molecular flexibility index (Phi) is 4.59. The van der Waals surface area contributed by atoms with Crippen LogP contribution in [-0.2, 0) is 4.74 Å². The smallest absolute Gasteiger partial charge is 0.407 e. The fourth-order valence-electron chi connectivity index (χ4n) is 0.800. The first-order chi connectivity index (χ1) is 6.52. The molecule has 0 aromatic carbocycles. The molecule has 0 aliphatic heterocycles. The van der Waals surface area contributed by atoms with Gasteiger partial charge in [-0.15, -0.1) is 0 Å². The Morgan fingerprint density at radius 1 is 1.27 bits per heavy atom. The molecule has 0 bridgehead atoms. The van der Waals surface area contributed by atoms with Crippen molar-refractivity contribution < 1.29 is 14.6 Å².